The lowest BCUT2D eigenvalue weighted by molar-refractivity contribution is -0.383. The van der Waals surface area contributed by atoms with E-state index in [2.05, 4.69) is 15.2 Å². The van der Waals surface area contributed by atoms with Crippen LogP contribution in [0.5, 0.6) is 0 Å². The number of hydrogen-bond acceptors (Lipinski definition) is 5. The van der Waals surface area contributed by atoms with Crippen molar-refractivity contribution in [1.29, 1.82) is 0 Å². The van der Waals surface area contributed by atoms with E-state index in [0.29, 0.717) is 25.2 Å². The monoisotopic (exact) mass is 314 g/mol. The van der Waals surface area contributed by atoms with Crippen molar-refractivity contribution in [2.24, 2.45) is 5.92 Å². The molecule has 1 aromatic carbocycles. The molecule has 0 aliphatic carbocycles. The van der Waals surface area contributed by atoms with Crippen molar-refractivity contribution >= 4 is 28.2 Å². The van der Waals surface area contributed by atoms with Crippen molar-refractivity contribution in [3.05, 3.63) is 40.1 Å². The molecule has 23 heavy (non-hydrogen) atoms. The maximum atomic E-state index is 11.8. The van der Waals surface area contributed by atoms with Crippen molar-refractivity contribution < 1.29 is 9.72 Å². The molecule has 0 atom stereocenters. The molecule has 120 valence electrons. The zero-order chi connectivity index (χ0) is 16.6. The van der Waals surface area contributed by atoms with Crippen LogP contribution in [0, 0.1) is 23.0 Å². The van der Waals surface area contributed by atoms with Gasteiger partial charge in [-0.15, -0.1) is 0 Å². The number of para-hydroxylation sites is 1. The number of carbonyl (C=O) groups excluding carboxylic acids is 1. The van der Waals surface area contributed by atoms with E-state index < -0.39 is 4.92 Å². The number of nitrogens with one attached hydrogen (secondary N) is 1. The van der Waals surface area contributed by atoms with E-state index in [9.17, 15) is 14.9 Å². The highest BCUT2D eigenvalue weighted by Gasteiger charge is 2.33. The molecule has 1 N–H and O–H groups in total. The van der Waals surface area contributed by atoms with Crippen molar-refractivity contribution in [3.8, 4) is 0 Å². The Morgan fingerprint density at radius 1 is 1.48 bits per heavy atom. The van der Waals surface area contributed by atoms with E-state index in [-0.39, 0.29) is 17.5 Å². The average Bonchev–Trinajstić information content (AvgIpc) is 2.45. The van der Waals surface area contributed by atoms with Gasteiger partial charge in [-0.05, 0) is 19.9 Å². The number of non-ortho nitro benzene ring substituents is 1. The molecule has 7 heteroatoms. The summed E-state index contributed by atoms with van der Waals surface area (Å²) in [5, 5.41) is 14.8. The Morgan fingerprint density at radius 3 is 2.87 bits per heavy atom. The molecule has 0 radical (unpaired) electrons. The number of benzene rings is 1. The smallest absolute Gasteiger partial charge is 0.295 e. The molecule has 7 nitrogen and oxygen atoms in total. The van der Waals surface area contributed by atoms with Gasteiger partial charge in [-0.2, -0.15) is 0 Å². The van der Waals surface area contributed by atoms with Crippen LogP contribution in [0.3, 0.4) is 0 Å². The van der Waals surface area contributed by atoms with Crippen LogP contribution in [0.15, 0.2) is 24.3 Å². The third-order valence-corrected chi connectivity index (χ3v) is 4.07. The molecular weight excluding hydrogens is 296 g/mol. The molecular formula is C16H18N4O3. The first-order valence-electron chi connectivity index (χ1n) is 7.58. The van der Waals surface area contributed by atoms with E-state index in [1.165, 1.54) is 6.07 Å². The number of nitro benzene ring substituents is 1. The first kappa shape index (κ1) is 15.2. The van der Waals surface area contributed by atoms with E-state index in [0.717, 1.165) is 16.8 Å². The Morgan fingerprint density at radius 2 is 2.22 bits per heavy atom. The fourth-order valence-electron chi connectivity index (χ4n) is 2.91. The number of fused-ring (bicyclic) bond motifs is 1. The Labute approximate surface area is 133 Å². The summed E-state index contributed by atoms with van der Waals surface area (Å²) in [4.78, 5) is 29.0. The SMILES string of the molecule is CCNC(=O)C1CN(c2cc(C)nc3c([N+](=O)[O-])cccc23)C1. The standard InChI is InChI=1S/C16H18N4O3/c1-3-17-16(21)11-8-19(9-11)14-7-10(2)18-15-12(14)5-4-6-13(15)20(22)23/h4-7,11H,3,8-9H2,1-2H3,(H,17,21). The maximum Gasteiger partial charge on any atom is 0.295 e. The normalized spacial score (nSPS) is 14.6. The Bertz CT molecular complexity index is 784. The summed E-state index contributed by atoms with van der Waals surface area (Å²) >= 11 is 0. The van der Waals surface area contributed by atoms with Gasteiger partial charge in [0, 0.05) is 42.5 Å². The van der Waals surface area contributed by atoms with Gasteiger partial charge in [0.1, 0.15) is 0 Å². The molecule has 2 heterocycles. The lowest BCUT2D eigenvalue weighted by Crippen LogP contribution is -2.53. The molecule has 2 aromatic rings. The minimum atomic E-state index is -0.411. The molecule has 1 aliphatic heterocycles. The molecule has 1 aromatic heterocycles. The van der Waals surface area contributed by atoms with Gasteiger partial charge in [0.2, 0.25) is 5.91 Å². The van der Waals surface area contributed by atoms with Crippen LogP contribution in [0.2, 0.25) is 0 Å². The maximum absolute atomic E-state index is 11.8. The number of amides is 1. The molecule has 0 bridgehead atoms. The average molecular weight is 314 g/mol. The van der Waals surface area contributed by atoms with E-state index in [1.807, 2.05) is 26.0 Å². The zero-order valence-corrected chi connectivity index (χ0v) is 13.1. The molecule has 0 unspecified atom stereocenters. The summed E-state index contributed by atoms with van der Waals surface area (Å²) in [6, 6.07) is 6.89. The molecule has 1 saturated heterocycles. The van der Waals surface area contributed by atoms with Crippen molar-refractivity contribution in [2.45, 2.75) is 13.8 Å². The second-order valence-electron chi connectivity index (χ2n) is 5.71. The van der Waals surface area contributed by atoms with Gasteiger partial charge >= 0.3 is 0 Å². The lowest BCUT2D eigenvalue weighted by atomic mass is 9.97. The number of hydrogen-bond donors (Lipinski definition) is 1. The van der Waals surface area contributed by atoms with Gasteiger partial charge in [0.25, 0.3) is 5.69 Å². The number of nitrogens with zero attached hydrogens (tertiary/aromatic N) is 3. The Kier molecular flexibility index (Phi) is 3.85. The highest BCUT2D eigenvalue weighted by molar-refractivity contribution is 5.98. The van der Waals surface area contributed by atoms with Crippen LogP contribution in [0.4, 0.5) is 11.4 Å². The van der Waals surface area contributed by atoms with Crippen LogP contribution >= 0.6 is 0 Å². The summed E-state index contributed by atoms with van der Waals surface area (Å²) in [7, 11) is 0. The van der Waals surface area contributed by atoms with Gasteiger partial charge in [-0.1, -0.05) is 12.1 Å². The van der Waals surface area contributed by atoms with Crippen LogP contribution < -0.4 is 10.2 Å². The van der Waals surface area contributed by atoms with Crippen molar-refractivity contribution in [3.63, 3.8) is 0 Å². The fourth-order valence-corrected chi connectivity index (χ4v) is 2.91. The summed E-state index contributed by atoms with van der Waals surface area (Å²) < 4.78 is 0. The second kappa shape index (κ2) is 5.83. The molecule has 1 amide bonds. The van der Waals surface area contributed by atoms with Crippen LogP contribution in [0.1, 0.15) is 12.6 Å². The lowest BCUT2D eigenvalue weighted by Gasteiger charge is -2.40. The van der Waals surface area contributed by atoms with Crippen LogP contribution in [-0.4, -0.2) is 35.4 Å². The summed E-state index contributed by atoms with van der Waals surface area (Å²) in [6.07, 6.45) is 0. The van der Waals surface area contributed by atoms with Crippen LogP contribution in [-0.2, 0) is 4.79 Å². The first-order chi connectivity index (χ1) is 11.0. The topological polar surface area (TPSA) is 88.4 Å². The third kappa shape index (κ3) is 2.69. The third-order valence-electron chi connectivity index (χ3n) is 4.07. The molecule has 1 aliphatic rings. The number of aryl methyl sites for hydroxylation is 1. The largest absolute Gasteiger partial charge is 0.369 e. The van der Waals surface area contributed by atoms with Gasteiger partial charge in [-0.25, -0.2) is 4.98 Å². The number of aromatic nitrogens is 1. The van der Waals surface area contributed by atoms with Gasteiger partial charge in [0.15, 0.2) is 5.52 Å². The number of nitro groups is 1. The molecule has 0 spiro atoms. The highest BCUT2D eigenvalue weighted by atomic mass is 16.6. The number of rotatable bonds is 4. The molecule has 0 saturated carbocycles. The number of carbonyl (C=O) groups is 1. The van der Waals surface area contributed by atoms with Crippen molar-refractivity contribution in [2.75, 3.05) is 24.5 Å². The quantitative estimate of drug-likeness (QED) is 0.689. The Balaban J connectivity index is 1.95. The van der Waals surface area contributed by atoms with Gasteiger partial charge in [0.05, 0.1) is 10.8 Å². The van der Waals surface area contributed by atoms with Crippen molar-refractivity contribution in [1.82, 2.24) is 10.3 Å². The fraction of sp³-hybridized carbons (Fsp3) is 0.375. The summed E-state index contributed by atoms with van der Waals surface area (Å²) in [5.74, 6) is 0.0296. The Hall–Kier alpha value is -2.70. The number of pyridine rings is 1. The minimum absolute atomic E-state index is 0.00764. The van der Waals surface area contributed by atoms with Gasteiger partial charge in [-0.3, -0.25) is 14.9 Å². The van der Waals surface area contributed by atoms with E-state index in [4.69, 9.17) is 0 Å². The van der Waals surface area contributed by atoms with Crippen LogP contribution in [0.25, 0.3) is 10.9 Å². The summed E-state index contributed by atoms with van der Waals surface area (Å²) in [5.41, 5.74) is 2.03. The van der Waals surface area contributed by atoms with Gasteiger partial charge < -0.3 is 10.2 Å². The molecule has 1 fully saturated rings. The predicted molar refractivity (Wildman–Crippen MR) is 87.5 cm³/mol. The number of anilines is 1. The highest BCUT2D eigenvalue weighted by Crippen LogP contribution is 2.35. The second-order valence-corrected chi connectivity index (χ2v) is 5.71. The van der Waals surface area contributed by atoms with E-state index >= 15 is 0 Å². The zero-order valence-electron chi connectivity index (χ0n) is 13.1. The van der Waals surface area contributed by atoms with E-state index in [1.54, 1.807) is 6.07 Å². The molecule has 3 rings (SSSR count). The summed E-state index contributed by atoms with van der Waals surface area (Å²) in [6.45, 7) is 5.58. The first-order valence-corrected chi connectivity index (χ1v) is 7.58. The minimum Gasteiger partial charge on any atom is -0.369 e. The predicted octanol–water partition coefficient (Wildman–Crippen LogP) is 2.02.